The number of aryl methyl sites for hydroxylation is 1. The van der Waals surface area contributed by atoms with Crippen molar-refractivity contribution in [2.24, 2.45) is 0 Å². The highest BCUT2D eigenvalue weighted by molar-refractivity contribution is 7.16. The monoisotopic (exact) mass is 285 g/mol. The second-order valence-electron chi connectivity index (χ2n) is 5.16. The van der Waals surface area contributed by atoms with E-state index in [1.54, 1.807) is 11.3 Å². The largest absolute Gasteiger partial charge is 0.371 e. The van der Waals surface area contributed by atoms with Crippen LogP contribution in [0.4, 0.5) is 0 Å². The van der Waals surface area contributed by atoms with Crippen LogP contribution in [0.1, 0.15) is 29.5 Å². The summed E-state index contributed by atoms with van der Waals surface area (Å²) >= 11 is 1.63. The highest BCUT2D eigenvalue weighted by Gasteiger charge is 2.22. The van der Waals surface area contributed by atoms with Crippen LogP contribution in [0.15, 0.2) is 30.5 Å². The lowest BCUT2D eigenvalue weighted by atomic mass is 10.1. The van der Waals surface area contributed by atoms with Crippen LogP contribution in [-0.2, 0) is 4.74 Å². The van der Waals surface area contributed by atoms with Crippen molar-refractivity contribution in [2.45, 2.75) is 25.9 Å². The molecule has 1 aliphatic rings. The zero-order valence-electron chi connectivity index (χ0n) is 11.2. The minimum Gasteiger partial charge on any atom is -0.371 e. The third-order valence-electron chi connectivity index (χ3n) is 3.61. The lowest BCUT2D eigenvalue weighted by molar-refractivity contribution is 0.111. The van der Waals surface area contributed by atoms with Crippen molar-refractivity contribution in [1.82, 2.24) is 14.6 Å². The van der Waals surface area contributed by atoms with Crippen LogP contribution < -0.4 is 0 Å². The number of hydrogen-bond acceptors (Lipinski definition) is 4. The molecule has 102 valence electrons. The third kappa shape index (κ3) is 2.03. The first-order valence-corrected chi connectivity index (χ1v) is 7.66. The van der Waals surface area contributed by atoms with E-state index in [1.165, 1.54) is 5.56 Å². The molecule has 1 fully saturated rings. The van der Waals surface area contributed by atoms with E-state index in [1.807, 2.05) is 10.7 Å². The van der Waals surface area contributed by atoms with Crippen LogP contribution in [0, 0.1) is 6.92 Å². The molecule has 1 aliphatic heterocycles. The highest BCUT2D eigenvalue weighted by Crippen LogP contribution is 2.32. The van der Waals surface area contributed by atoms with Gasteiger partial charge in [0.1, 0.15) is 11.1 Å². The number of hydrogen-bond donors (Lipinski definition) is 0. The first kappa shape index (κ1) is 12.1. The van der Waals surface area contributed by atoms with E-state index in [2.05, 4.69) is 41.3 Å². The summed E-state index contributed by atoms with van der Waals surface area (Å²) in [4.78, 5) is 5.60. The average molecular weight is 285 g/mol. The van der Waals surface area contributed by atoms with Gasteiger partial charge in [0, 0.05) is 12.2 Å². The van der Waals surface area contributed by atoms with Gasteiger partial charge in [0.05, 0.1) is 11.9 Å². The molecule has 3 heterocycles. The summed E-state index contributed by atoms with van der Waals surface area (Å²) in [6.07, 6.45) is 4.36. The van der Waals surface area contributed by atoms with Crippen molar-refractivity contribution >= 4 is 16.3 Å². The van der Waals surface area contributed by atoms with E-state index in [-0.39, 0.29) is 6.10 Å². The van der Waals surface area contributed by atoms with E-state index < -0.39 is 0 Å². The highest BCUT2D eigenvalue weighted by atomic mass is 32.1. The van der Waals surface area contributed by atoms with Crippen LogP contribution in [0.5, 0.6) is 0 Å². The molecule has 1 aromatic carbocycles. The van der Waals surface area contributed by atoms with Crippen molar-refractivity contribution < 1.29 is 4.74 Å². The van der Waals surface area contributed by atoms with Crippen LogP contribution in [0.25, 0.3) is 16.2 Å². The Balaban J connectivity index is 1.69. The predicted molar refractivity (Wildman–Crippen MR) is 79.0 cm³/mol. The molecular formula is C15H15N3OS. The Morgan fingerprint density at radius 1 is 1.30 bits per heavy atom. The summed E-state index contributed by atoms with van der Waals surface area (Å²) in [5, 5.41) is 5.65. The van der Waals surface area contributed by atoms with Crippen molar-refractivity contribution in [3.63, 3.8) is 0 Å². The van der Waals surface area contributed by atoms with Gasteiger partial charge in [-0.15, -0.1) is 0 Å². The third-order valence-corrected chi connectivity index (χ3v) is 4.63. The molecule has 0 N–H and O–H groups in total. The fraction of sp³-hybridized carbons (Fsp3) is 0.333. The number of nitrogens with zero attached hydrogens (tertiary/aromatic N) is 3. The quantitative estimate of drug-likeness (QED) is 0.722. The second-order valence-corrected chi connectivity index (χ2v) is 6.15. The Morgan fingerprint density at radius 3 is 2.85 bits per heavy atom. The molecule has 1 atom stereocenters. The Bertz CT molecular complexity index is 707. The molecule has 1 unspecified atom stereocenters. The van der Waals surface area contributed by atoms with Crippen molar-refractivity contribution in [2.75, 3.05) is 6.61 Å². The van der Waals surface area contributed by atoms with Gasteiger partial charge >= 0.3 is 0 Å². The van der Waals surface area contributed by atoms with E-state index in [0.717, 1.165) is 40.7 Å². The molecular weight excluding hydrogens is 270 g/mol. The number of benzene rings is 1. The molecule has 4 rings (SSSR count). The fourth-order valence-electron chi connectivity index (χ4n) is 2.48. The van der Waals surface area contributed by atoms with Gasteiger partial charge in [0.15, 0.2) is 0 Å². The minimum absolute atomic E-state index is 0.171. The Kier molecular flexibility index (Phi) is 2.82. The molecule has 1 saturated heterocycles. The van der Waals surface area contributed by atoms with Crippen LogP contribution >= 0.6 is 11.3 Å². The summed E-state index contributed by atoms with van der Waals surface area (Å²) in [6.45, 7) is 2.94. The predicted octanol–water partition coefficient (Wildman–Crippen LogP) is 3.62. The SMILES string of the molecule is Cc1ccc(-c2cn3nc(C4CCCO4)sc3n2)cc1. The maximum absolute atomic E-state index is 5.67. The summed E-state index contributed by atoms with van der Waals surface area (Å²) in [7, 11) is 0. The number of aromatic nitrogens is 3. The first-order chi connectivity index (χ1) is 9.79. The molecule has 0 saturated carbocycles. The Morgan fingerprint density at radius 2 is 2.15 bits per heavy atom. The lowest BCUT2D eigenvalue weighted by Crippen LogP contribution is -1.95. The summed E-state index contributed by atoms with van der Waals surface area (Å²) in [5.41, 5.74) is 3.36. The molecule has 3 aromatic rings. The molecule has 20 heavy (non-hydrogen) atoms. The maximum Gasteiger partial charge on any atom is 0.212 e. The molecule has 5 heteroatoms. The van der Waals surface area contributed by atoms with Gasteiger partial charge in [-0.3, -0.25) is 0 Å². The molecule has 0 amide bonds. The zero-order valence-corrected chi connectivity index (χ0v) is 12.1. The summed E-state index contributed by atoms with van der Waals surface area (Å²) in [6, 6.07) is 8.41. The van der Waals surface area contributed by atoms with Gasteiger partial charge in [-0.05, 0) is 19.8 Å². The van der Waals surface area contributed by atoms with Crippen molar-refractivity contribution in [3.05, 3.63) is 41.0 Å². The van der Waals surface area contributed by atoms with Gasteiger partial charge < -0.3 is 4.74 Å². The summed E-state index contributed by atoms with van der Waals surface area (Å²) in [5.74, 6) is 0. The molecule has 0 spiro atoms. The van der Waals surface area contributed by atoms with Gasteiger partial charge in [0.25, 0.3) is 0 Å². The summed E-state index contributed by atoms with van der Waals surface area (Å²) < 4.78 is 7.54. The molecule has 4 nitrogen and oxygen atoms in total. The van der Waals surface area contributed by atoms with Gasteiger partial charge in [-0.1, -0.05) is 41.2 Å². The number of ether oxygens (including phenoxy) is 1. The second kappa shape index (κ2) is 4.68. The van der Waals surface area contributed by atoms with Crippen LogP contribution in [-0.4, -0.2) is 21.2 Å². The zero-order chi connectivity index (χ0) is 13.5. The van der Waals surface area contributed by atoms with Gasteiger partial charge in [-0.2, -0.15) is 5.10 Å². The number of fused-ring (bicyclic) bond motifs is 1. The number of rotatable bonds is 2. The first-order valence-electron chi connectivity index (χ1n) is 6.84. The number of imidazole rings is 1. The molecule has 2 aromatic heterocycles. The Labute approximate surface area is 121 Å². The minimum atomic E-state index is 0.171. The topological polar surface area (TPSA) is 39.4 Å². The maximum atomic E-state index is 5.67. The normalized spacial score (nSPS) is 18.9. The van der Waals surface area contributed by atoms with Crippen LogP contribution in [0.2, 0.25) is 0 Å². The molecule has 0 aliphatic carbocycles. The van der Waals surface area contributed by atoms with E-state index in [0.29, 0.717) is 0 Å². The molecule has 0 bridgehead atoms. The van der Waals surface area contributed by atoms with Gasteiger partial charge in [-0.25, -0.2) is 9.50 Å². The van der Waals surface area contributed by atoms with E-state index >= 15 is 0 Å². The lowest BCUT2D eigenvalue weighted by Gasteiger charge is -2.02. The smallest absolute Gasteiger partial charge is 0.212 e. The standard InChI is InChI=1S/C15H15N3OS/c1-10-4-6-11(7-5-10)12-9-18-15(16-12)20-14(17-18)13-3-2-8-19-13/h4-7,9,13H,2-3,8H2,1H3. The van der Waals surface area contributed by atoms with Crippen molar-refractivity contribution in [3.8, 4) is 11.3 Å². The fourth-order valence-corrected chi connectivity index (χ4v) is 3.45. The van der Waals surface area contributed by atoms with Crippen LogP contribution in [0.3, 0.4) is 0 Å². The van der Waals surface area contributed by atoms with E-state index in [9.17, 15) is 0 Å². The average Bonchev–Trinajstić information content (AvgIpc) is 3.14. The van der Waals surface area contributed by atoms with E-state index in [4.69, 9.17) is 4.74 Å². The molecule has 0 radical (unpaired) electrons. The van der Waals surface area contributed by atoms with Gasteiger partial charge in [0.2, 0.25) is 4.96 Å². The van der Waals surface area contributed by atoms with Crippen molar-refractivity contribution in [1.29, 1.82) is 0 Å². The Hall–Kier alpha value is -1.72.